The van der Waals surface area contributed by atoms with Crippen molar-refractivity contribution in [3.05, 3.63) is 127 Å². The van der Waals surface area contributed by atoms with Crippen molar-refractivity contribution in [2.75, 3.05) is 5.73 Å². The summed E-state index contributed by atoms with van der Waals surface area (Å²) in [6.45, 7) is 0. The van der Waals surface area contributed by atoms with Crippen LogP contribution in [0.5, 0.6) is 0 Å². The lowest BCUT2D eigenvalue weighted by atomic mass is 9.91. The molecule has 31 heavy (non-hydrogen) atoms. The van der Waals surface area contributed by atoms with Crippen LogP contribution in [0.15, 0.2) is 127 Å². The quantitative estimate of drug-likeness (QED) is 0.306. The largest absolute Gasteiger partial charge is 0.399 e. The molecule has 0 saturated heterocycles. The van der Waals surface area contributed by atoms with Crippen molar-refractivity contribution in [2.24, 2.45) is 0 Å². The number of rotatable bonds is 4. The van der Waals surface area contributed by atoms with E-state index in [0.717, 1.165) is 16.8 Å². The van der Waals surface area contributed by atoms with Gasteiger partial charge in [-0.3, -0.25) is 0 Å². The number of hydrogen-bond donors (Lipinski definition) is 1. The number of anilines is 1. The van der Waals surface area contributed by atoms with Crippen molar-refractivity contribution in [1.29, 1.82) is 0 Å². The van der Waals surface area contributed by atoms with Gasteiger partial charge >= 0.3 is 0 Å². The van der Waals surface area contributed by atoms with Gasteiger partial charge in [0.05, 0.1) is 0 Å². The molecule has 0 atom stereocenters. The molecule has 0 bridgehead atoms. The van der Waals surface area contributed by atoms with Crippen LogP contribution in [0.25, 0.3) is 44.5 Å². The lowest BCUT2D eigenvalue weighted by Crippen LogP contribution is -1.91. The Morgan fingerprint density at radius 1 is 0.323 bits per heavy atom. The lowest BCUT2D eigenvalue weighted by molar-refractivity contribution is 1.56. The standard InChI is InChI=1S/C30H23N/c31-28-18-19-29(27-13-7-12-26(20-27)23-10-5-2-6-11-23)30(21-28)25-16-14-24(15-17-25)22-8-3-1-4-9-22/h1-21H,31H2. The van der Waals surface area contributed by atoms with Crippen LogP contribution in [0.4, 0.5) is 5.69 Å². The van der Waals surface area contributed by atoms with Crippen molar-refractivity contribution >= 4 is 5.69 Å². The SMILES string of the molecule is Nc1ccc(-c2cccc(-c3ccccc3)c2)c(-c2ccc(-c3ccccc3)cc2)c1. The molecule has 5 aromatic carbocycles. The second-order valence-electron chi connectivity index (χ2n) is 7.70. The van der Waals surface area contributed by atoms with Gasteiger partial charge in [-0.2, -0.15) is 0 Å². The first-order chi connectivity index (χ1) is 15.3. The average molecular weight is 398 g/mol. The molecule has 5 rings (SSSR count). The number of hydrogen-bond acceptors (Lipinski definition) is 1. The van der Waals surface area contributed by atoms with E-state index in [0.29, 0.717) is 0 Å². The van der Waals surface area contributed by atoms with Gasteiger partial charge in [-0.25, -0.2) is 0 Å². The van der Waals surface area contributed by atoms with Gasteiger partial charge in [0, 0.05) is 5.69 Å². The van der Waals surface area contributed by atoms with E-state index in [9.17, 15) is 0 Å². The van der Waals surface area contributed by atoms with Crippen LogP contribution in [0.2, 0.25) is 0 Å². The Labute approximate surface area is 183 Å². The Kier molecular flexibility index (Phi) is 5.08. The summed E-state index contributed by atoms with van der Waals surface area (Å²) in [6, 6.07) is 44.5. The Bertz CT molecular complexity index is 1300. The minimum atomic E-state index is 0.769. The second-order valence-corrected chi connectivity index (χ2v) is 7.70. The predicted octanol–water partition coefficient (Wildman–Crippen LogP) is 7.94. The van der Waals surface area contributed by atoms with Gasteiger partial charge < -0.3 is 5.73 Å². The van der Waals surface area contributed by atoms with Gasteiger partial charge in [0.15, 0.2) is 0 Å². The Hall–Kier alpha value is -4.10. The fraction of sp³-hybridized carbons (Fsp3) is 0. The van der Waals surface area contributed by atoms with E-state index in [1.165, 1.54) is 33.4 Å². The van der Waals surface area contributed by atoms with Crippen LogP contribution >= 0.6 is 0 Å². The van der Waals surface area contributed by atoms with E-state index in [4.69, 9.17) is 5.73 Å². The summed E-state index contributed by atoms with van der Waals surface area (Å²) in [4.78, 5) is 0. The average Bonchev–Trinajstić information content (AvgIpc) is 2.85. The number of benzene rings is 5. The third kappa shape index (κ3) is 3.99. The first-order valence-corrected chi connectivity index (χ1v) is 10.5. The zero-order valence-corrected chi connectivity index (χ0v) is 17.2. The highest BCUT2D eigenvalue weighted by Crippen LogP contribution is 2.36. The van der Waals surface area contributed by atoms with Crippen molar-refractivity contribution in [1.82, 2.24) is 0 Å². The molecule has 0 aliphatic carbocycles. The summed E-state index contributed by atoms with van der Waals surface area (Å²) < 4.78 is 0. The third-order valence-electron chi connectivity index (χ3n) is 5.63. The van der Waals surface area contributed by atoms with Crippen LogP contribution in [0, 0.1) is 0 Å². The summed E-state index contributed by atoms with van der Waals surface area (Å²) >= 11 is 0. The molecular weight excluding hydrogens is 374 g/mol. The van der Waals surface area contributed by atoms with E-state index in [1.54, 1.807) is 0 Å². The maximum atomic E-state index is 6.18. The molecule has 0 aromatic heterocycles. The fourth-order valence-corrected chi connectivity index (χ4v) is 4.02. The van der Waals surface area contributed by atoms with Crippen LogP contribution in [0.1, 0.15) is 0 Å². The summed E-state index contributed by atoms with van der Waals surface area (Å²) in [6.07, 6.45) is 0. The first-order valence-electron chi connectivity index (χ1n) is 10.5. The van der Waals surface area contributed by atoms with Gasteiger partial charge in [-0.1, -0.05) is 109 Å². The molecule has 1 nitrogen and oxygen atoms in total. The van der Waals surface area contributed by atoms with Crippen LogP contribution < -0.4 is 5.73 Å². The smallest absolute Gasteiger partial charge is 0.0320 e. The molecule has 0 heterocycles. The Morgan fingerprint density at radius 2 is 0.839 bits per heavy atom. The second kappa shape index (κ2) is 8.33. The molecule has 0 fully saturated rings. The van der Waals surface area contributed by atoms with Crippen LogP contribution in [-0.4, -0.2) is 0 Å². The first kappa shape index (κ1) is 18.9. The molecule has 2 N–H and O–H groups in total. The summed E-state index contributed by atoms with van der Waals surface area (Å²) in [5.74, 6) is 0. The molecule has 5 aromatic rings. The topological polar surface area (TPSA) is 26.0 Å². The van der Waals surface area contributed by atoms with E-state index in [-0.39, 0.29) is 0 Å². The van der Waals surface area contributed by atoms with Gasteiger partial charge in [-0.05, 0) is 62.7 Å². The van der Waals surface area contributed by atoms with Crippen molar-refractivity contribution in [2.45, 2.75) is 0 Å². The molecule has 0 aliphatic heterocycles. The summed E-state index contributed by atoms with van der Waals surface area (Å²) in [5.41, 5.74) is 16.5. The van der Waals surface area contributed by atoms with E-state index >= 15 is 0 Å². The normalized spacial score (nSPS) is 10.7. The predicted molar refractivity (Wildman–Crippen MR) is 133 cm³/mol. The maximum absolute atomic E-state index is 6.18. The van der Waals surface area contributed by atoms with Gasteiger partial charge in [0.2, 0.25) is 0 Å². The van der Waals surface area contributed by atoms with Gasteiger partial charge in [0.1, 0.15) is 0 Å². The number of nitrogens with two attached hydrogens (primary N) is 1. The van der Waals surface area contributed by atoms with Gasteiger partial charge in [-0.15, -0.1) is 0 Å². The summed E-state index contributed by atoms with van der Waals surface area (Å²) in [5, 5.41) is 0. The highest BCUT2D eigenvalue weighted by atomic mass is 14.5. The fourth-order valence-electron chi connectivity index (χ4n) is 4.02. The zero-order valence-electron chi connectivity index (χ0n) is 17.2. The molecule has 0 radical (unpaired) electrons. The zero-order chi connectivity index (χ0) is 21.0. The monoisotopic (exact) mass is 397 g/mol. The minimum Gasteiger partial charge on any atom is -0.399 e. The van der Waals surface area contributed by atoms with Crippen LogP contribution in [-0.2, 0) is 0 Å². The highest BCUT2D eigenvalue weighted by Gasteiger charge is 2.10. The molecule has 0 amide bonds. The maximum Gasteiger partial charge on any atom is 0.0320 e. The molecule has 0 spiro atoms. The van der Waals surface area contributed by atoms with E-state index in [2.05, 4.69) is 109 Å². The van der Waals surface area contributed by atoms with Crippen molar-refractivity contribution in [3.8, 4) is 44.5 Å². The molecule has 148 valence electrons. The van der Waals surface area contributed by atoms with Crippen LogP contribution in [0.3, 0.4) is 0 Å². The number of nitrogen functional groups attached to an aromatic ring is 1. The molecule has 1 heteroatoms. The minimum absolute atomic E-state index is 0.769. The Balaban J connectivity index is 1.57. The third-order valence-corrected chi connectivity index (χ3v) is 5.63. The Morgan fingerprint density at radius 3 is 1.52 bits per heavy atom. The lowest BCUT2D eigenvalue weighted by Gasteiger charge is -2.13. The molecule has 0 aliphatic rings. The van der Waals surface area contributed by atoms with Gasteiger partial charge in [0.25, 0.3) is 0 Å². The molecule has 0 saturated carbocycles. The highest BCUT2D eigenvalue weighted by molar-refractivity contribution is 5.87. The van der Waals surface area contributed by atoms with E-state index in [1.807, 2.05) is 18.2 Å². The van der Waals surface area contributed by atoms with E-state index < -0.39 is 0 Å². The molecule has 0 unspecified atom stereocenters. The summed E-state index contributed by atoms with van der Waals surface area (Å²) in [7, 11) is 0. The molecular formula is C30H23N. The van der Waals surface area contributed by atoms with Crippen molar-refractivity contribution < 1.29 is 0 Å². The van der Waals surface area contributed by atoms with Crippen molar-refractivity contribution in [3.63, 3.8) is 0 Å².